The van der Waals surface area contributed by atoms with Crippen LogP contribution in [0, 0.1) is 17.3 Å². The summed E-state index contributed by atoms with van der Waals surface area (Å²) in [5, 5.41) is 13.8. The molecule has 32 heteroatoms. The SMILES string of the molecule is CCN1c2cc3c(cc2C(C)=CC1(C)C)C(=CC=CC=CC1=[N+](CCCS(=O)(=O)O)c2ccc(S(=O)(=O)O)cc2C1(C)CCCC(=O)NCC#Cc1cn([C@H]2C[C@H](O)[C@@H](COP(=O)(O)OP(=O)(O)OP(=O)(O)O)O2)c2ncnc(N)c12)C=C(C(C)(C)C)O3. The number of anilines is 2. The third kappa shape index (κ3) is 15.9. The number of carbonyl (C=O) groups is 1. The summed E-state index contributed by atoms with van der Waals surface area (Å²) in [6, 6.07) is 8.41. The Labute approximate surface area is 509 Å². The molecule has 3 unspecified atom stereocenters. The van der Waals surface area contributed by atoms with Crippen LogP contribution in [0.4, 0.5) is 17.2 Å². The average Bonchev–Trinajstić information content (AvgIpc) is 1.47. The van der Waals surface area contributed by atoms with E-state index in [0.717, 1.165) is 52.3 Å². The van der Waals surface area contributed by atoms with Gasteiger partial charge in [0, 0.05) is 78.0 Å². The number of aliphatic hydroxyl groups excluding tert-OH is 1. The van der Waals surface area contributed by atoms with Crippen molar-refractivity contribution in [3.63, 3.8) is 0 Å². The van der Waals surface area contributed by atoms with Crippen molar-refractivity contribution in [2.24, 2.45) is 5.41 Å². The van der Waals surface area contributed by atoms with Crippen LogP contribution in [0.3, 0.4) is 0 Å². The van der Waals surface area contributed by atoms with Crippen molar-refractivity contribution in [1.82, 2.24) is 19.9 Å². The summed E-state index contributed by atoms with van der Waals surface area (Å²) in [6.45, 7) is 16.5. The lowest BCUT2D eigenvalue weighted by Crippen LogP contribution is -2.45. The van der Waals surface area contributed by atoms with Gasteiger partial charge in [-0.1, -0.05) is 63.0 Å². The first-order valence-electron chi connectivity index (χ1n) is 27.6. The minimum Gasteiger partial charge on any atom is -0.460 e. The van der Waals surface area contributed by atoms with Gasteiger partial charge in [-0.05, 0) is 82.9 Å². The molecule has 8 rings (SSSR count). The standard InChI is InChI=1S/C56H70N7O20P3S2/c1-9-63-43-29-45-40(28-39(43)35(2)31-55(63,6)7)36(26-48(80-45)54(3,4)5)16-11-10-12-18-47-56(8,41-27-38(88(76,77)78)20-21-42(41)61(47)24-15-25-87(73,74)75)22-13-19-49(65)58-23-14-17-37-32-62(53-51(37)52(57)59-34-60-53)50-30-44(64)46(81-50)33-79-85(69,70)83-86(71,72)82-84(66,67)68/h10-12,16,18,20-21,26-29,31-32,34,44,46,50,64H,9,13,15,19,22-25,30,33H2,1-8H3,(H8-,57,58,59,60,65,66,67,68,69,70,71,72,73,74,75,76,77,78)/p+1/t44-,46+,50+,56?/m0/s1. The van der Waals surface area contributed by atoms with E-state index < -0.39 is 85.8 Å². The van der Waals surface area contributed by atoms with Crippen molar-refractivity contribution in [3.8, 4) is 17.6 Å². The van der Waals surface area contributed by atoms with Crippen LogP contribution in [-0.2, 0) is 62.0 Å². The number of aliphatic hydroxyl groups is 1. The molecule has 1 fully saturated rings. The zero-order chi connectivity index (χ0) is 64.7. The van der Waals surface area contributed by atoms with Crippen molar-refractivity contribution in [3.05, 3.63) is 113 Å². The first kappa shape index (κ1) is 67.9. The maximum Gasteiger partial charge on any atom is 0.490 e. The van der Waals surface area contributed by atoms with Crippen LogP contribution in [0.5, 0.6) is 5.75 Å². The average molecular weight is 1320 g/mol. The number of hydrogen-bond acceptors (Lipinski definition) is 18. The molecule has 0 aliphatic carbocycles. The smallest absolute Gasteiger partial charge is 0.460 e. The quantitative estimate of drug-likeness (QED) is 0.0119. The third-order valence-corrected chi connectivity index (χ3v) is 20.6. The molecule has 0 saturated carbocycles. The lowest BCUT2D eigenvalue weighted by molar-refractivity contribution is -0.437. The topological polar surface area (TPSA) is 399 Å². The van der Waals surface area contributed by atoms with Gasteiger partial charge in [0.15, 0.2) is 5.71 Å². The van der Waals surface area contributed by atoms with Gasteiger partial charge in [0.25, 0.3) is 20.2 Å². The van der Waals surface area contributed by atoms with E-state index in [1.807, 2.05) is 41.9 Å². The second-order valence-corrected chi connectivity index (χ2v) is 30.6. The predicted octanol–water partition coefficient (Wildman–Crippen LogP) is 7.76. The van der Waals surface area contributed by atoms with Crippen molar-refractivity contribution in [2.45, 2.75) is 122 Å². The van der Waals surface area contributed by atoms with Crippen LogP contribution in [0.25, 0.3) is 22.2 Å². The minimum absolute atomic E-state index is 0.00846. The summed E-state index contributed by atoms with van der Waals surface area (Å²) < 4.78 is 132. The Hall–Kier alpha value is -5.99. The summed E-state index contributed by atoms with van der Waals surface area (Å²) >= 11 is 0. The van der Waals surface area contributed by atoms with Gasteiger partial charge in [0.05, 0.1) is 51.8 Å². The maximum atomic E-state index is 13.5. The largest absolute Gasteiger partial charge is 0.490 e. The fourth-order valence-electron chi connectivity index (χ4n) is 11.2. The number of likely N-dealkylation sites (N-methyl/N-ethyl adjacent to an activating group) is 1. The molecule has 4 aliphatic rings. The van der Waals surface area contributed by atoms with Gasteiger partial charge in [0.1, 0.15) is 48.2 Å². The van der Waals surface area contributed by atoms with Crippen molar-refractivity contribution < 1.29 is 96.3 Å². The zero-order valence-corrected chi connectivity index (χ0v) is 53.6. The third-order valence-electron chi connectivity index (χ3n) is 15.1. The highest BCUT2D eigenvalue weighted by Gasteiger charge is 2.48. The van der Waals surface area contributed by atoms with Crippen LogP contribution in [-0.4, -0.2) is 131 Å². The molecule has 2 aromatic carbocycles. The summed E-state index contributed by atoms with van der Waals surface area (Å²) in [4.78, 5) is 60.8. The molecule has 0 bridgehead atoms. The lowest BCUT2D eigenvalue weighted by Gasteiger charge is -2.43. The number of benzene rings is 2. The molecule has 1 amide bonds. The van der Waals surface area contributed by atoms with Gasteiger partial charge in [-0.25, -0.2) is 23.7 Å². The summed E-state index contributed by atoms with van der Waals surface area (Å²) in [5.41, 5.74) is 11.9. The van der Waals surface area contributed by atoms with Crippen molar-refractivity contribution in [1.29, 1.82) is 0 Å². The number of nitrogen functional groups attached to an aromatic ring is 1. The molecule has 4 aliphatic heterocycles. The Bertz CT molecular complexity index is 4100. The Balaban J connectivity index is 1.00. The number of aromatic nitrogens is 3. The van der Waals surface area contributed by atoms with Gasteiger partial charge >= 0.3 is 23.5 Å². The number of nitrogens with one attached hydrogen (secondary N) is 1. The van der Waals surface area contributed by atoms with Gasteiger partial charge in [-0.3, -0.25) is 18.4 Å². The molecule has 27 nitrogen and oxygen atoms in total. The Morgan fingerprint density at radius 3 is 2.39 bits per heavy atom. The monoisotopic (exact) mass is 1320 g/mol. The Kier molecular flexibility index (Phi) is 19.9. The molecule has 476 valence electrons. The molecular formula is C56H71N7O20P3S2+. The van der Waals surface area contributed by atoms with Crippen LogP contribution < -0.4 is 20.7 Å². The van der Waals surface area contributed by atoms with E-state index >= 15 is 0 Å². The molecule has 2 aromatic heterocycles. The maximum absolute atomic E-state index is 13.5. The minimum atomic E-state index is -5.81. The highest BCUT2D eigenvalue weighted by Crippen LogP contribution is 2.66. The molecule has 0 radical (unpaired) electrons. The first-order valence-corrected chi connectivity index (χ1v) is 35.2. The molecule has 88 heavy (non-hydrogen) atoms. The van der Waals surface area contributed by atoms with Crippen LogP contribution >= 0.6 is 23.5 Å². The fourth-order valence-corrected chi connectivity index (χ4v) is 15.3. The van der Waals surface area contributed by atoms with Gasteiger partial charge in [0.2, 0.25) is 11.6 Å². The number of carbonyl (C=O) groups excluding carboxylic acids is 1. The van der Waals surface area contributed by atoms with E-state index in [-0.39, 0.29) is 83.5 Å². The van der Waals surface area contributed by atoms with E-state index in [9.17, 15) is 59.3 Å². The van der Waals surface area contributed by atoms with Crippen molar-refractivity contribution in [2.75, 3.05) is 42.6 Å². The van der Waals surface area contributed by atoms with E-state index in [1.54, 1.807) is 6.08 Å². The van der Waals surface area contributed by atoms with E-state index in [2.05, 4.69) is 112 Å². The zero-order valence-electron chi connectivity index (χ0n) is 49.3. The van der Waals surface area contributed by atoms with E-state index in [0.29, 0.717) is 17.0 Å². The van der Waals surface area contributed by atoms with Crippen LogP contribution in [0.15, 0.2) is 96.0 Å². The number of nitrogens with zero attached hydrogens (tertiary/aromatic N) is 5. The molecule has 4 aromatic rings. The van der Waals surface area contributed by atoms with Crippen LogP contribution in [0.2, 0.25) is 0 Å². The van der Waals surface area contributed by atoms with Gasteiger partial charge in [-0.15, -0.1) is 0 Å². The highest BCUT2D eigenvalue weighted by atomic mass is 32.2. The number of fused-ring (bicyclic) bond motifs is 4. The number of phosphoric ester groups is 1. The van der Waals surface area contributed by atoms with Crippen molar-refractivity contribution >= 4 is 94.7 Å². The normalized spacial score (nSPS) is 22.2. The Morgan fingerprint density at radius 1 is 0.989 bits per heavy atom. The number of nitrogens with two attached hydrogens (primary N) is 1. The molecule has 1 saturated heterocycles. The van der Waals surface area contributed by atoms with E-state index in [1.165, 1.54) is 29.0 Å². The molecular weight excluding hydrogens is 1250 g/mol. The lowest BCUT2D eigenvalue weighted by atomic mass is 9.75. The molecule has 10 N–H and O–H groups in total. The summed E-state index contributed by atoms with van der Waals surface area (Å²) in [5.74, 6) is 6.36. The molecule has 6 heterocycles. The second-order valence-electron chi connectivity index (χ2n) is 23.1. The number of amides is 1. The van der Waals surface area contributed by atoms with E-state index in [4.69, 9.17) is 25.0 Å². The number of allylic oxidation sites excluding steroid dienone is 9. The summed E-state index contributed by atoms with van der Waals surface area (Å²) in [7, 11) is -26.0. The summed E-state index contributed by atoms with van der Waals surface area (Å²) in [6.07, 6.45) is 12.8. The number of rotatable bonds is 22. The number of hydrogen-bond donors (Lipinski definition) is 9. The van der Waals surface area contributed by atoms with Crippen LogP contribution in [0.1, 0.15) is 116 Å². The predicted molar refractivity (Wildman–Crippen MR) is 326 cm³/mol. The first-order chi connectivity index (χ1) is 40.8. The fraction of sp³-hybridized carbons (Fsp3) is 0.429. The molecule has 6 atom stereocenters. The second kappa shape index (κ2) is 25.7. The van der Waals surface area contributed by atoms with Gasteiger partial charge < -0.3 is 54.7 Å². The van der Waals surface area contributed by atoms with Gasteiger partial charge in [-0.2, -0.15) is 30.0 Å². The number of phosphoric acid groups is 3. The Morgan fingerprint density at radius 2 is 1.72 bits per heavy atom. The number of ether oxygens (including phenoxy) is 2. The molecule has 0 spiro atoms. The highest BCUT2D eigenvalue weighted by molar-refractivity contribution is 7.86.